The first-order chi connectivity index (χ1) is 19.9. The Morgan fingerprint density at radius 3 is 1.65 bits per heavy atom. The molecule has 0 amide bonds. The highest BCUT2D eigenvalue weighted by molar-refractivity contribution is 6.19. The van der Waals surface area contributed by atoms with E-state index in [0.29, 0.717) is 0 Å². The molecule has 6 aromatic carbocycles. The number of hydrogen-bond acceptors (Lipinski definition) is 1. The fraction of sp³-hybridized carbons (Fsp3) is 0. The quantitative estimate of drug-likeness (QED) is 0.230. The second kappa shape index (κ2) is 9.14. The van der Waals surface area contributed by atoms with Crippen LogP contribution in [0.2, 0.25) is 0 Å². The summed E-state index contributed by atoms with van der Waals surface area (Å²) in [7, 11) is 0. The Labute approximate surface area is 232 Å². The molecule has 0 saturated carbocycles. The first-order valence-electron chi connectivity index (χ1n) is 13.6. The smallest absolute Gasteiger partial charge is 0.143 e. The van der Waals surface area contributed by atoms with Gasteiger partial charge in [0.25, 0.3) is 0 Å². The van der Waals surface area contributed by atoms with Gasteiger partial charge in [-0.1, -0.05) is 121 Å². The molecule has 0 radical (unpaired) electrons. The van der Waals surface area contributed by atoms with Crippen molar-refractivity contribution in [2.75, 3.05) is 0 Å². The van der Waals surface area contributed by atoms with Gasteiger partial charge in [0.2, 0.25) is 0 Å². The Bertz CT molecular complexity index is 2140. The molecule has 0 N–H and O–H groups in total. The van der Waals surface area contributed by atoms with Crippen LogP contribution >= 0.6 is 0 Å². The van der Waals surface area contributed by atoms with Crippen LogP contribution in [0.1, 0.15) is 0 Å². The van der Waals surface area contributed by atoms with Gasteiger partial charge in [0.1, 0.15) is 11.5 Å². The average Bonchev–Trinajstić information content (AvgIpc) is 3.58. The number of aromatic nitrogens is 1. The van der Waals surface area contributed by atoms with Crippen molar-refractivity contribution in [3.63, 3.8) is 0 Å². The summed E-state index contributed by atoms with van der Waals surface area (Å²) in [5.74, 6) is 1.80. The highest BCUT2D eigenvalue weighted by Gasteiger charge is 2.23. The zero-order valence-corrected chi connectivity index (χ0v) is 21.8. The van der Waals surface area contributed by atoms with Gasteiger partial charge in [0, 0.05) is 43.9 Å². The molecular weight excluding hydrogens is 486 g/mol. The third kappa shape index (κ3) is 3.43. The number of benzene rings is 6. The third-order valence-electron chi connectivity index (χ3n) is 7.82. The predicted molar refractivity (Wildman–Crippen MR) is 167 cm³/mol. The van der Waals surface area contributed by atoms with Crippen molar-refractivity contribution in [1.82, 2.24) is 4.57 Å². The van der Waals surface area contributed by atoms with Gasteiger partial charge in [-0.2, -0.15) is 0 Å². The fourth-order valence-electron chi connectivity index (χ4n) is 6.10. The van der Waals surface area contributed by atoms with E-state index in [1.807, 2.05) is 6.07 Å². The number of fused-ring (bicyclic) bond motifs is 4. The Hall–Kier alpha value is -5.34. The molecule has 0 aliphatic carbocycles. The molecule has 0 saturated heterocycles. The molecule has 8 rings (SSSR count). The normalized spacial score (nSPS) is 11.5. The predicted octanol–water partition coefficient (Wildman–Crippen LogP) is 10.5. The molecule has 40 heavy (non-hydrogen) atoms. The van der Waals surface area contributed by atoms with Crippen molar-refractivity contribution in [2.24, 2.45) is 0 Å². The van der Waals surface area contributed by atoms with Crippen LogP contribution in [0.5, 0.6) is 0 Å². The number of para-hydroxylation sites is 2. The van der Waals surface area contributed by atoms with Crippen molar-refractivity contribution in [2.45, 2.75) is 0 Å². The van der Waals surface area contributed by atoms with Crippen LogP contribution in [0.25, 0.3) is 72.0 Å². The van der Waals surface area contributed by atoms with Gasteiger partial charge >= 0.3 is 0 Å². The van der Waals surface area contributed by atoms with Gasteiger partial charge in [-0.25, -0.2) is 0 Å². The maximum atomic E-state index is 6.85. The molecule has 8 aromatic rings. The molecule has 0 fully saturated rings. The molecule has 2 aromatic heterocycles. The second-order valence-corrected chi connectivity index (χ2v) is 10.1. The molecular formula is C38H25NO. The van der Waals surface area contributed by atoms with E-state index in [1.54, 1.807) is 0 Å². The Kier molecular flexibility index (Phi) is 5.17. The van der Waals surface area contributed by atoms with Gasteiger partial charge in [0.05, 0.1) is 11.0 Å². The second-order valence-electron chi connectivity index (χ2n) is 10.1. The van der Waals surface area contributed by atoms with Crippen LogP contribution in [-0.4, -0.2) is 4.57 Å². The van der Waals surface area contributed by atoms with Gasteiger partial charge in [-0.15, -0.1) is 0 Å². The van der Waals surface area contributed by atoms with Crippen molar-refractivity contribution in [1.29, 1.82) is 0 Å². The lowest BCUT2D eigenvalue weighted by molar-refractivity contribution is 0.602. The first-order valence-corrected chi connectivity index (χ1v) is 13.6. The van der Waals surface area contributed by atoms with Gasteiger partial charge < -0.3 is 8.98 Å². The molecule has 0 aliphatic heterocycles. The molecule has 2 nitrogen and oxygen atoms in total. The van der Waals surface area contributed by atoms with Crippen LogP contribution in [0.3, 0.4) is 0 Å². The summed E-state index contributed by atoms with van der Waals surface area (Å²) in [6, 6.07) is 53.4. The summed E-state index contributed by atoms with van der Waals surface area (Å²) in [5, 5.41) is 4.69. The maximum absolute atomic E-state index is 6.85. The molecule has 2 heterocycles. The number of nitrogens with zero attached hydrogens (tertiary/aromatic N) is 1. The molecule has 0 aliphatic rings. The van der Waals surface area contributed by atoms with Crippen LogP contribution in [0.15, 0.2) is 156 Å². The van der Waals surface area contributed by atoms with Crippen molar-refractivity contribution in [3.05, 3.63) is 152 Å². The first kappa shape index (κ1) is 22.6. The van der Waals surface area contributed by atoms with E-state index in [1.165, 1.54) is 32.9 Å². The van der Waals surface area contributed by atoms with Crippen LogP contribution in [-0.2, 0) is 0 Å². The summed E-state index contributed by atoms with van der Waals surface area (Å²) in [6.45, 7) is 0. The highest BCUT2D eigenvalue weighted by Crippen LogP contribution is 2.47. The van der Waals surface area contributed by atoms with Crippen molar-refractivity contribution < 1.29 is 4.42 Å². The van der Waals surface area contributed by atoms with Crippen LogP contribution in [0.4, 0.5) is 0 Å². The average molecular weight is 512 g/mol. The largest absolute Gasteiger partial charge is 0.455 e. The van der Waals surface area contributed by atoms with Gasteiger partial charge in [-0.05, 0) is 35.9 Å². The summed E-state index contributed by atoms with van der Waals surface area (Å²) in [5.41, 5.74) is 8.03. The minimum absolute atomic E-state index is 0.895. The van der Waals surface area contributed by atoms with E-state index < -0.39 is 0 Å². The van der Waals surface area contributed by atoms with E-state index in [0.717, 1.165) is 39.1 Å². The van der Waals surface area contributed by atoms with Crippen molar-refractivity contribution in [3.8, 4) is 39.5 Å². The molecule has 0 spiro atoms. The maximum Gasteiger partial charge on any atom is 0.143 e. The minimum atomic E-state index is 0.895. The topological polar surface area (TPSA) is 18.1 Å². The zero-order chi connectivity index (χ0) is 26.5. The number of hydrogen-bond donors (Lipinski definition) is 0. The SMILES string of the molecule is c1ccc(-c2oc(-c3ccc4c(c3-c3ccccc3)c3ccccc3n4-c3ccccc3)c3ccccc23)cc1. The lowest BCUT2D eigenvalue weighted by atomic mass is 9.92. The fourth-order valence-corrected chi connectivity index (χ4v) is 6.10. The molecule has 0 bridgehead atoms. The highest BCUT2D eigenvalue weighted by atomic mass is 16.3. The van der Waals surface area contributed by atoms with Crippen LogP contribution in [0, 0.1) is 0 Å². The summed E-state index contributed by atoms with van der Waals surface area (Å²) >= 11 is 0. The molecule has 2 heteroatoms. The Balaban J connectivity index is 1.52. The zero-order valence-electron chi connectivity index (χ0n) is 21.8. The Morgan fingerprint density at radius 1 is 0.400 bits per heavy atom. The number of furan rings is 1. The van der Waals surface area contributed by atoms with E-state index in [2.05, 4.69) is 150 Å². The van der Waals surface area contributed by atoms with E-state index in [-0.39, 0.29) is 0 Å². The molecule has 188 valence electrons. The lowest BCUT2D eigenvalue weighted by Gasteiger charge is -2.13. The van der Waals surface area contributed by atoms with Gasteiger partial charge in [-0.3, -0.25) is 0 Å². The summed E-state index contributed by atoms with van der Waals surface area (Å²) in [6.07, 6.45) is 0. The molecule has 0 atom stereocenters. The third-order valence-corrected chi connectivity index (χ3v) is 7.82. The lowest BCUT2D eigenvalue weighted by Crippen LogP contribution is -1.93. The summed E-state index contributed by atoms with van der Waals surface area (Å²) < 4.78 is 9.22. The van der Waals surface area contributed by atoms with Crippen molar-refractivity contribution >= 4 is 32.6 Å². The Morgan fingerprint density at radius 2 is 0.950 bits per heavy atom. The van der Waals surface area contributed by atoms with Crippen LogP contribution < -0.4 is 0 Å². The van der Waals surface area contributed by atoms with Gasteiger partial charge in [0.15, 0.2) is 0 Å². The molecule has 0 unspecified atom stereocenters. The van der Waals surface area contributed by atoms with E-state index in [9.17, 15) is 0 Å². The van der Waals surface area contributed by atoms with E-state index in [4.69, 9.17) is 4.42 Å². The van der Waals surface area contributed by atoms with E-state index >= 15 is 0 Å². The minimum Gasteiger partial charge on any atom is -0.455 e. The monoisotopic (exact) mass is 511 g/mol. The number of rotatable bonds is 4. The summed E-state index contributed by atoms with van der Waals surface area (Å²) in [4.78, 5) is 0. The standard InChI is InChI=1S/C38H25NO/c1-4-14-26(15-5-1)35-32(38-30-21-11-10-20-29(30)37(40-38)27-16-6-2-7-17-27)24-25-34-36(35)31-22-12-13-23-33(31)39(34)28-18-8-3-9-19-28/h1-25H.